The number of aryl methyl sites for hydroxylation is 4. The number of amides is 4. The number of fused-ring (bicyclic) bond motifs is 6. The molecular weight excluding hydrogens is 957 g/mol. The molecule has 4 amide bonds. The third-order valence-electron chi connectivity index (χ3n) is 14.9. The number of para-hydroxylation sites is 2. The zero-order chi connectivity index (χ0) is 52.5. The summed E-state index contributed by atoms with van der Waals surface area (Å²) in [7, 11) is 4.31. The van der Waals surface area contributed by atoms with E-state index < -0.39 is 0 Å². The summed E-state index contributed by atoms with van der Waals surface area (Å²) < 4.78 is 12.5. The van der Waals surface area contributed by atoms with Gasteiger partial charge in [0.05, 0.1) is 35.8 Å². The number of hydrogen-bond donors (Lipinski definition) is 2. The van der Waals surface area contributed by atoms with E-state index in [2.05, 4.69) is 66.4 Å². The van der Waals surface area contributed by atoms with Gasteiger partial charge in [0.15, 0.2) is 0 Å². The average Bonchev–Trinajstić information content (AvgIpc) is 3.42. The lowest BCUT2D eigenvalue weighted by Gasteiger charge is -2.37. The molecule has 6 aliphatic heterocycles. The SMILES string of the molecule is Cc1cccc(C)c1N1Cc2cnc3nc2N(C/C=C/COc2cc(ccc2N2CCN(C)CC2)N3)C1=O.Cc1cccc(C)c1N1Cc2cnc3nc2N(C/C=C\COc2cc(ccc2N2CCN(C)CC2)N3)C1=O. The predicted octanol–water partition coefficient (Wildman–Crippen LogP) is 8.97. The van der Waals surface area contributed by atoms with E-state index in [1.165, 1.54) is 0 Å². The predicted molar refractivity (Wildman–Crippen MR) is 302 cm³/mol. The number of benzene rings is 4. The molecule has 0 saturated carbocycles. The van der Waals surface area contributed by atoms with Gasteiger partial charge in [0, 0.05) is 112 Å². The Kier molecular flexibility index (Phi) is 14.2. The van der Waals surface area contributed by atoms with Crippen LogP contribution in [-0.2, 0) is 13.1 Å². The van der Waals surface area contributed by atoms with Gasteiger partial charge in [0.2, 0.25) is 11.9 Å². The molecule has 18 heteroatoms. The van der Waals surface area contributed by atoms with E-state index in [-0.39, 0.29) is 12.1 Å². The summed E-state index contributed by atoms with van der Waals surface area (Å²) in [5.74, 6) is 3.80. The molecule has 392 valence electrons. The number of nitrogens with one attached hydrogen (secondary N) is 2. The first-order valence-corrected chi connectivity index (χ1v) is 26.2. The molecule has 0 radical (unpaired) electrons. The van der Waals surface area contributed by atoms with Gasteiger partial charge >= 0.3 is 12.1 Å². The molecule has 12 rings (SSSR count). The first kappa shape index (κ1) is 50.0. The molecule has 2 fully saturated rings. The number of nitrogens with zero attached hydrogens (tertiary/aromatic N) is 12. The van der Waals surface area contributed by atoms with Crippen molar-refractivity contribution in [3.63, 3.8) is 0 Å². The Morgan fingerprint density at radius 3 is 1.28 bits per heavy atom. The quantitative estimate of drug-likeness (QED) is 0.162. The summed E-state index contributed by atoms with van der Waals surface area (Å²) in [6, 6.07) is 24.3. The minimum absolute atomic E-state index is 0.0992. The van der Waals surface area contributed by atoms with Crippen molar-refractivity contribution in [2.45, 2.75) is 40.8 Å². The molecule has 2 saturated heterocycles. The van der Waals surface area contributed by atoms with E-state index in [1.807, 2.05) is 135 Å². The highest BCUT2D eigenvalue weighted by molar-refractivity contribution is 6.07. The number of ether oxygens (including phenoxy) is 2. The van der Waals surface area contributed by atoms with Crippen LogP contribution in [0.4, 0.5) is 67.2 Å². The van der Waals surface area contributed by atoms with Gasteiger partial charge in [0.1, 0.15) is 36.3 Å². The highest BCUT2D eigenvalue weighted by Crippen LogP contribution is 2.39. The lowest BCUT2D eigenvalue weighted by Crippen LogP contribution is -2.48. The second kappa shape index (κ2) is 21.6. The second-order valence-corrected chi connectivity index (χ2v) is 20.3. The van der Waals surface area contributed by atoms with Crippen LogP contribution in [-0.4, -0.2) is 135 Å². The van der Waals surface area contributed by atoms with Crippen LogP contribution in [0.2, 0.25) is 0 Å². The van der Waals surface area contributed by atoms with Crippen LogP contribution in [0.1, 0.15) is 33.4 Å². The highest BCUT2D eigenvalue weighted by atomic mass is 16.5. The number of anilines is 10. The van der Waals surface area contributed by atoms with Gasteiger partial charge in [0.25, 0.3) is 0 Å². The smallest absolute Gasteiger partial charge is 0.330 e. The van der Waals surface area contributed by atoms with Crippen LogP contribution in [0, 0.1) is 27.7 Å². The Morgan fingerprint density at radius 2 is 0.882 bits per heavy atom. The second-order valence-electron chi connectivity index (χ2n) is 20.3. The van der Waals surface area contributed by atoms with Crippen LogP contribution >= 0.6 is 0 Å². The highest BCUT2D eigenvalue weighted by Gasteiger charge is 2.36. The van der Waals surface area contributed by atoms with E-state index in [0.717, 1.165) is 131 Å². The van der Waals surface area contributed by atoms with E-state index in [1.54, 1.807) is 9.80 Å². The van der Waals surface area contributed by atoms with E-state index >= 15 is 0 Å². The monoisotopic (exact) mass is 1020 g/mol. The summed E-state index contributed by atoms with van der Waals surface area (Å²) >= 11 is 0. The van der Waals surface area contributed by atoms with E-state index in [4.69, 9.17) is 19.4 Å². The van der Waals surface area contributed by atoms with Crippen LogP contribution in [0.25, 0.3) is 0 Å². The van der Waals surface area contributed by atoms with Crippen molar-refractivity contribution in [2.24, 2.45) is 0 Å². The number of piperazine rings is 2. The molecule has 4 aromatic carbocycles. The molecule has 0 spiro atoms. The van der Waals surface area contributed by atoms with E-state index in [9.17, 15) is 9.59 Å². The Morgan fingerprint density at radius 1 is 0.487 bits per heavy atom. The fraction of sp³-hybridized carbons (Fsp3) is 0.345. The van der Waals surface area contributed by atoms with Crippen LogP contribution in [0.3, 0.4) is 0 Å². The lowest BCUT2D eigenvalue weighted by atomic mass is 10.1. The number of rotatable bonds is 4. The van der Waals surface area contributed by atoms with Gasteiger partial charge in [-0.2, -0.15) is 9.97 Å². The van der Waals surface area contributed by atoms with Crippen molar-refractivity contribution in [1.82, 2.24) is 29.7 Å². The van der Waals surface area contributed by atoms with Gasteiger partial charge in [-0.05, 0) is 100 Å². The lowest BCUT2D eigenvalue weighted by molar-refractivity contribution is 0.249. The Labute approximate surface area is 444 Å². The number of likely N-dealkylation sites (N-methyl/N-ethyl adjacent to an activating group) is 2. The molecule has 2 aromatic heterocycles. The number of carbonyl (C=O) groups is 2. The molecule has 6 aromatic rings. The van der Waals surface area contributed by atoms with Crippen molar-refractivity contribution in [3.05, 3.63) is 143 Å². The normalized spacial score (nSPS) is 18.6. The van der Waals surface area contributed by atoms with Crippen LogP contribution in [0.5, 0.6) is 11.5 Å². The summed E-state index contributed by atoms with van der Waals surface area (Å²) in [5, 5.41) is 6.66. The van der Waals surface area contributed by atoms with Gasteiger partial charge in [-0.1, -0.05) is 48.6 Å². The fourth-order valence-electron chi connectivity index (χ4n) is 10.8. The molecule has 6 aliphatic rings. The Hall–Kier alpha value is -8.22. The van der Waals surface area contributed by atoms with Crippen molar-refractivity contribution < 1.29 is 19.1 Å². The fourth-order valence-corrected chi connectivity index (χ4v) is 10.8. The first-order valence-electron chi connectivity index (χ1n) is 26.2. The minimum atomic E-state index is -0.0992. The minimum Gasteiger partial charge on any atom is -0.487 e. The zero-order valence-electron chi connectivity index (χ0n) is 44.3. The summed E-state index contributed by atoms with van der Waals surface area (Å²) in [5.41, 5.74) is 11.8. The summed E-state index contributed by atoms with van der Waals surface area (Å²) in [4.78, 5) is 63.0. The number of aromatic nitrogens is 4. The molecular formula is C58H66N14O4. The molecule has 2 N–H and O–H groups in total. The molecule has 18 nitrogen and oxygen atoms in total. The van der Waals surface area contributed by atoms with Crippen molar-refractivity contribution in [3.8, 4) is 11.5 Å². The molecule has 76 heavy (non-hydrogen) atoms. The third kappa shape index (κ3) is 10.3. The van der Waals surface area contributed by atoms with Gasteiger partial charge in [-0.25, -0.2) is 19.6 Å². The van der Waals surface area contributed by atoms with Crippen molar-refractivity contribution in [2.75, 3.05) is 133 Å². The summed E-state index contributed by atoms with van der Waals surface area (Å²) in [6.45, 7) is 18.5. The van der Waals surface area contributed by atoms with Crippen molar-refractivity contribution in [1.29, 1.82) is 0 Å². The molecule has 0 aliphatic carbocycles. The van der Waals surface area contributed by atoms with Crippen molar-refractivity contribution >= 4 is 69.7 Å². The standard InChI is InChI=1S/2C29H33N7O2/c2*1-20-7-6-8-21(2)26(20)36-19-22-18-30-28-31-23-9-10-24(34-14-12-33(3)13-15-34)25(17-23)38-16-5-4-11-35(29(36)37)27(22)32-28/h2*4-10,17-18H,11-16,19H2,1-3H3,(H,30,31,32)/b5-4+;5-4-. The number of hydrogen-bond acceptors (Lipinski definition) is 14. The molecule has 0 unspecified atom stereocenters. The van der Waals surface area contributed by atoms with Crippen LogP contribution in [0.15, 0.2) is 109 Å². The first-order chi connectivity index (χ1) is 36.9. The maximum atomic E-state index is 13.8. The zero-order valence-corrected chi connectivity index (χ0v) is 44.3. The van der Waals surface area contributed by atoms with E-state index in [0.29, 0.717) is 62.9 Å². The van der Waals surface area contributed by atoms with Gasteiger partial charge < -0.3 is 39.7 Å². The maximum Gasteiger partial charge on any atom is 0.330 e. The maximum absolute atomic E-state index is 13.8. The molecule has 8 bridgehead atoms. The number of urea groups is 2. The Bertz CT molecular complexity index is 2970. The van der Waals surface area contributed by atoms with Gasteiger partial charge in [-0.3, -0.25) is 19.6 Å². The molecule has 0 atom stereocenters. The molecule has 8 heterocycles. The van der Waals surface area contributed by atoms with Crippen LogP contribution < -0.4 is 49.5 Å². The Balaban J connectivity index is 0.000000162. The average molecular weight is 1020 g/mol. The third-order valence-corrected chi connectivity index (χ3v) is 14.9. The topological polar surface area (TPSA) is 154 Å². The van der Waals surface area contributed by atoms with Gasteiger partial charge in [-0.15, -0.1) is 0 Å². The largest absolute Gasteiger partial charge is 0.487 e. The number of carbonyl (C=O) groups excluding carboxylic acids is 2. The summed E-state index contributed by atoms with van der Waals surface area (Å²) in [6.07, 6.45) is 11.5.